The van der Waals surface area contributed by atoms with Gasteiger partial charge in [-0.05, 0) is 36.2 Å². The Bertz CT molecular complexity index is 2110. The van der Waals surface area contributed by atoms with Crippen LogP contribution in [0.25, 0.3) is 22.6 Å². The molecule has 0 spiro atoms. The van der Waals surface area contributed by atoms with Gasteiger partial charge in [0.05, 0.1) is 6.20 Å². The minimum absolute atomic E-state index is 0.00887. The summed E-state index contributed by atoms with van der Waals surface area (Å²) in [6.07, 6.45) is 2.02. The number of oxazole rings is 1. The average molecular weight is 643 g/mol. The number of benzene rings is 3. The van der Waals surface area contributed by atoms with Crippen molar-refractivity contribution < 1.29 is 23.5 Å². The van der Waals surface area contributed by atoms with Gasteiger partial charge in [-0.25, -0.2) is 14.8 Å². The smallest absolute Gasteiger partial charge is 0.412 e. The fourth-order valence-electron chi connectivity index (χ4n) is 5.07. The molecule has 0 aliphatic rings. The van der Waals surface area contributed by atoms with Crippen molar-refractivity contribution in [2.24, 2.45) is 0 Å². The zero-order valence-corrected chi connectivity index (χ0v) is 25.8. The Labute approximate surface area is 274 Å². The Balaban J connectivity index is 1.28. The van der Waals surface area contributed by atoms with Crippen LogP contribution in [0.2, 0.25) is 0 Å². The molecule has 6 rings (SSSR count). The van der Waals surface area contributed by atoms with E-state index in [1.165, 1.54) is 12.4 Å². The average Bonchev–Trinajstić information content (AvgIpc) is 3.54. The monoisotopic (exact) mass is 642 g/mol. The highest BCUT2D eigenvalue weighted by molar-refractivity contribution is 6.00. The van der Waals surface area contributed by atoms with E-state index in [0.717, 1.165) is 21.3 Å². The second-order valence-corrected chi connectivity index (χ2v) is 11.0. The summed E-state index contributed by atoms with van der Waals surface area (Å²) in [7, 11) is 0. The van der Waals surface area contributed by atoms with Gasteiger partial charge < -0.3 is 14.5 Å². The molecule has 240 valence electrons. The van der Waals surface area contributed by atoms with Crippen molar-refractivity contribution in [1.82, 2.24) is 24.8 Å². The van der Waals surface area contributed by atoms with Crippen molar-refractivity contribution in [3.8, 4) is 11.4 Å². The Hall–Kier alpha value is -6.43. The van der Waals surface area contributed by atoms with E-state index in [-0.39, 0.29) is 36.1 Å². The predicted octanol–water partition coefficient (Wildman–Crippen LogP) is 5.11. The maximum absolute atomic E-state index is 13.8. The molecule has 1 unspecified atom stereocenters. The van der Waals surface area contributed by atoms with Crippen LogP contribution in [0.15, 0.2) is 119 Å². The van der Waals surface area contributed by atoms with Crippen LogP contribution in [0.1, 0.15) is 27.4 Å². The third-order valence-electron chi connectivity index (χ3n) is 7.38. The normalized spacial score (nSPS) is 11.5. The Morgan fingerprint density at radius 1 is 0.896 bits per heavy atom. The summed E-state index contributed by atoms with van der Waals surface area (Å²) in [5.41, 5.74) is 2.75. The number of nitrogens with zero attached hydrogens (tertiary/aromatic N) is 4. The van der Waals surface area contributed by atoms with E-state index in [9.17, 15) is 19.2 Å². The first-order valence-electron chi connectivity index (χ1n) is 15.1. The lowest BCUT2D eigenvalue weighted by molar-refractivity contribution is -0.122. The fraction of sp³-hybridized carbons (Fsp3) is 0.139. The van der Waals surface area contributed by atoms with Crippen molar-refractivity contribution >= 4 is 34.7 Å². The molecule has 1 atom stereocenters. The molecule has 0 saturated heterocycles. The van der Waals surface area contributed by atoms with Crippen molar-refractivity contribution in [3.05, 3.63) is 142 Å². The molecule has 0 bridgehead atoms. The molecule has 0 aliphatic heterocycles. The summed E-state index contributed by atoms with van der Waals surface area (Å²) < 4.78 is 12.1. The number of aryl methyl sites for hydroxylation is 1. The topological polar surface area (TPSA) is 158 Å². The highest BCUT2D eigenvalue weighted by Gasteiger charge is 2.28. The molecule has 48 heavy (non-hydrogen) atoms. The van der Waals surface area contributed by atoms with Gasteiger partial charge in [-0.3, -0.25) is 24.3 Å². The zero-order valence-electron chi connectivity index (χ0n) is 25.8. The molecular weight excluding hydrogens is 612 g/mol. The van der Waals surface area contributed by atoms with Gasteiger partial charge in [0.1, 0.15) is 30.7 Å². The van der Waals surface area contributed by atoms with E-state index >= 15 is 0 Å². The van der Waals surface area contributed by atoms with Crippen LogP contribution in [0.3, 0.4) is 0 Å². The molecule has 6 aromatic rings. The number of hydrogen-bond acceptors (Lipinski definition) is 9. The van der Waals surface area contributed by atoms with Crippen LogP contribution < -0.4 is 16.2 Å². The number of anilines is 1. The van der Waals surface area contributed by atoms with Gasteiger partial charge in [0.15, 0.2) is 11.2 Å². The molecule has 3 aromatic carbocycles. The molecule has 3 heterocycles. The van der Waals surface area contributed by atoms with Gasteiger partial charge >= 0.3 is 6.09 Å². The van der Waals surface area contributed by atoms with Crippen molar-refractivity contribution in [2.45, 2.75) is 32.5 Å². The second-order valence-electron chi connectivity index (χ2n) is 11.0. The molecule has 2 amide bonds. The molecule has 3 aromatic heterocycles. The van der Waals surface area contributed by atoms with E-state index in [1.807, 2.05) is 67.6 Å². The molecule has 2 N–H and O–H groups in total. The van der Waals surface area contributed by atoms with Crippen LogP contribution in [-0.2, 0) is 29.1 Å². The minimum atomic E-state index is -1.09. The third kappa shape index (κ3) is 7.50. The molecule has 12 heteroatoms. The predicted molar refractivity (Wildman–Crippen MR) is 177 cm³/mol. The van der Waals surface area contributed by atoms with Crippen LogP contribution in [-0.4, -0.2) is 43.3 Å². The molecule has 0 aliphatic carbocycles. The molecule has 0 saturated carbocycles. The van der Waals surface area contributed by atoms with E-state index in [1.54, 1.807) is 36.4 Å². The first-order valence-corrected chi connectivity index (χ1v) is 15.1. The van der Waals surface area contributed by atoms with E-state index in [2.05, 4.69) is 25.6 Å². The van der Waals surface area contributed by atoms with E-state index < -0.39 is 35.9 Å². The number of ether oxygens (including phenoxy) is 1. The Morgan fingerprint density at radius 2 is 1.65 bits per heavy atom. The number of rotatable bonds is 11. The van der Waals surface area contributed by atoms with Gasteiger partial charge in [0, 0.05) is 18.2 Å². The number of Topliss-reactive ketones (excluding diaryl/α,β-unsaturated/α-hetero) is 1. The summed E-state index contributed by atoms with van der Waals surface area (Å²) in [6.45, 7) is 1.36. The van der Waals surface area contributed by atoms with Crippen LogP contribution >= 0.6 is 0 Å². The number of amides is 2. The highest BCUT2D eigenvalue weighted by Crippen LogP contribution is 2.19. The number of ketones is 1. The zero-order chi connectivity index (χ0) is 33.5. The lowest BCUT2D eigenvalue weighted by Gasteiger charge is -2.18. The maximum atomic E-state index is 13.8. The van der Waals surface area contributed by atoms with Crippen LogP contribution in [0, 0.1) is 6.92 Å². The van der Waals surface area contributed by atoms with E-state index in [0.29, 0.717) is 11.1 Å². The van der Waals surface area contributed by atoms with Gasteiger partial charge in [0.25, 0.3) is 11.4 Å². The van der Waals surface area contributed by atoms with Gasteiger partial charge in [-0.2, -0.15) is 4.98 Å². The Kier molecular flexibility index (Phi) is 9.42. The summed E-state index contributed by atoms with van der Waals surface area (Å²) in [5, 5.41) is 5.20. The molecular formula is C36H30N6O6. The van der Waals surface area contributed by atoms with Crippen LogP contribution in [0.4, 0.5) is 10.5 Å². The summed E-state index contributed by atoms with van der Waals surface area (Å²) >= 11 is 0. The number of aromatic nitrogens is 4. The minimum Gasteiger partial charge on any atom is -0.444 e. The number of carbonyl (C=O) groups is 3. The summed E-state index contributed by atoms with van der Waals surface area (Å²) in [6, 6.07) is 27.7. The van der Waals surface area contributed by atoms with Crippen molar-refractivity contribution in [3.63, 3.8) is 0 Å². The Morgan fingerprint density at radius 3 is 2.38 bits per heavy atom. The van der Waals surface area contributed by atoms with Gasteiger partial charge in [0.2, 0.25) is 11.7 Å². The number of nitrogens with one attached hydrogen (secondary N) is 2. The highest BCUT2D eigenvalue weighted by atomic mass is 16.5. The first-order chi connectivity index (χ1) is 23.3. The first kappa shape index (κ1) is 31.5. The van der Waals surface area contributed by atoms with Crippen LogP contribution in [0.5, 0.6) is 0 Å². The summed E-state index contributed by atoms with van der Waals surface area (Å²) in [5.74, 6) is -1.23. The number of pyridine rings is 1. The number of hydrogen-bond donors (Lipinski definition) is 2. The van der Waals surface area contributed by atoms with Gasteiger partial charge in [-0.15, -0.1) is 0 Å². The molecule has 12 nitrogen and oxygen atoms in total. The van der Waals surface area contributed by atoms with Crippen molar-refractivity contribution in [1.29, 1.82) is 0 Å². The lowest BCUT2D eigenvalue weighted by Crippen LogP contribution is -2.45. The fourth-order valence-corrected chi connectivity index (χ4v) is 5.07. The molecule has 0 radical (unpaired) electrons. The number of carbonyl (C=O) groups excluding carboxylic acids is 3. The summed E-state index contributed by atoms with van der Waals surface area (Å²) in [4.78, 5) is 66.6. The molecule has 0 fully saturated rings. The van der Waals surface area contributed by atoms with Crippen molar-refractivity contribution in [2.75, 3.05) is 5.32 Å². The van der Waals surface area contributed by atoms with Gasteiger partial charge in [-0.1, -0.05) is 84.4 Å². The quantitative estimate of drug-likeness (QED) is 0.183. The SMILES string of the molecule is Cc1cccc(-c2ncc(NC(=O)OCc3ccccc3)c(=O)n2CC(=O)NC(Cc2ccccc2)C(=O)c2nc3ncccc3o2)c1. The maximum Gasteiger partial charge on any atom is 0.412 e. The largest absolute Gasteiger partial charge is 0.444 e. The standard InChI is InChI=1S/C36H30N6O6/c1-23-10-8-15-26(18-23)33-38-20-28(40-36(46)47-22-25-13-6-3-7-14-25)35(45)42(33)21-30(43)39-27(19-24-11-4-2-5-12-24)31(44)34-41-32-29(48-34)16-9-17-37-32/h2-18,20,27H,19,21-22H2,1H3,(H,39,43)(H,40,46). The lowest BCUT2D eigenvalue weighted by atomic mass is 10.0. The number of fused-ring (bicyclic) bond motifs is 1. The second kappa shape index (κ2) is 14.3. The third-order valence-corrected chi connectivity index (χ3v) is 7.38. The van der Waals surface area contributed by atoms with E-state index in [4.69, 9.17) is 9.15 Å².